The number of nitrogens with zero attached hydrogens (tertiary/aromatic N) is 1. The fourth-order valence-electron chi connectivity index (χ4n) is 4.24. The summed E-state index contributed by atoms with van der Waals surface area (Å²) in [5.74, 6) is 0. The third kappa shape index (κ3) is 9.63. The van der Waals surface area contributed by atoms with Crippen LogP contribution in [0.4, 0.5) is 0 Å². The van der Waals surface area contributed by atoms with Crippen molar-refractivity contribution in [2.24, 2.45) is 0 Å². The lowest BCUT2D eigenvalue weighted by atomic mass is 9.79. The van der Waals surface area contributed by atoms with Gasteiger partial charge >= 0.3 is 0 Å². The van der Waals surface area contributed by atoms with E-state index in [-0.39, 0.29) is 23.5 Å². The zero-order chi connectivity index (χ0) is 18.1. The van der Waals surface area contributed by atoms with Crippen LogP contribution in [0.5, 0.6) is 0 Å². The Morgan fingerprint density at radius 1 is 0.760 bits per heavy atom. The van der Waals surface area contributed by atoms with E-state index in [4.69, 9.17) is 4.74 Å². The van der Waals surface area contributed by atoms with E-state index in [0.717, 1.165) is 19.4 Å². The van der Waals surface area contributed by atoms with Crippen LogP contribution in [0, 0.1) is 0 Å². The molecule has 25 heavy (non-hydrogen) atoms. The Bertz CT molecular complexity index is 312. The van der Waals surface area contributed by atoms with Gasteiger partial charge in [-0.15, -0.1) is 12.4 Å². The van der Waals surface area contributed by atoms with Crippen molar-refractivity contribution in [1.29, 1.82) is 0 Å². The van der Waals surface area contributed by atoms with Gasteiger partial charge in [0.2, 0.25) is 0 Å². The van der Waals surface area contributed by atoms with Crippen molar-refractivity contribution in [3.8, 4) is 0 Å². The molecule has 1 saturated heterocycles. The van der Waals surface area contributed by atoms with Gasteiger partial charge in [0.1, 0.15) is 0 Å². The van der Waals surface area contributed by atoms with Gasteiger partial charge in [0.15, 0.2) is 0 Å². The Morgan fingerprint density at radius 3 is 1.60 bits per heavy atom. The summed E-state index contributed by atoms with van der Waals surface area (Å²) in [6, 6.07) is 0. The van der Waals surface area contributed by atoms with E-state index in [1.54, 1.807) is 0 Å². The molecule has 3 heteroatoms. The maximum Gasteiger partial charge on any atom is 0.0610 e. The minimum atomic E-state index is 0. The fourth-order valence-corrected chi connectivity index (χ4v) is 4.24. The number of likely N-dealkylation sites (tertiary alicyclic amines) is 1. The maximum absolute atomic E-state index is 6.25. The molecule has 1 fully saturated rings. The zero-order valence-corrected chi connectivity index (χ0v) is 18.8. The Morgan fingerprint density at radius 2 is 1.16 bits per heavy atom. The molecule has 0 bridgehead atoms. The Labute approximate surface area is 164 Å². The first kappa shape index (κ1) is 25.2. The van der Waals surface area contributed by atoms with Crippen molar-refractivity contribution in [3.63, 3.8) is 0 Å². The second kappa shape index (κ2) is 12.6. The molecule has 0 aromatic carbocycles. The van der Waals surface area contributed by atoms with Gasteiger partial charge in [-0.3, -0.25) is 4.90 Å². The largest absolute Gasteiger partial charge is 0.378 e. The van der Waals surface area contributed by atoms with E-state index in [1.165, 1.54) is 64.2 Å². The second-order valence-corrected chi connectivity index (χ2v) is 9.27. The summed E-state index contributed by atoms with van der Waals surface area (Å²) in [5, 5.41) is 0. The zero-order valence-electron chi connectivity index (χ0n) is 18.0. The third-order valence-electron chi connectivity index (χ3n) is 6.12. The molecule has 0 amide bonds. The molecule has 1 heterocycles. The highest BCUT2D eigenvalue weighted by atomic mass is 35.5. The van der Waals surface area contributed by atoms with E-state index < -0.39 is 0 Å². The van der Waals surface area contributed by atoms with Gasteiger partial charge in [-0.2, -0.15) is 0 Å². The van der Waals surface area contributed by atoms with Gasteiger partial charge in [-0.05, 0) is 54.0 Å². The fraction of sp³-hybridized carbons (Fsp3) is 1.00. The SMILES string of the molecule is CCCCCCCCCCCCOC1CC(C)(C)N(C)C(C)(C)C1.Cl. The molecule has 152 valence electrons. The van der Waals surface area contributed by atoms with Crippen molar-refractivity contribution in [2.75, 3.05) is 13.7 Å². The summed E-state index contributed by atoms with van der Waals surface area (Å²) in [6.45, 7) is 12.7. The highest BCUT2D eigenvalue weighted by Crippen LogP contribution is 2.38. The molecule has 0 aromatic heterocycles. The number of ether oxygens (including phenoxy) is 1. The minimum Gasteiger partial charge on any atom is -0.378 e. The first-order valence-corrected chi connectivity index (χ1v) is 10.6. The Hall–Kier alpha value is 0.210. The molecule has 0 aliphatic carbocycles. The predicted molar refractivity (Wildman–Crippen MR) is 114 cm³/mol. The summed E-state index contributed by atoms with van der Waals surface area (Å²) in [4.78, 5) is 2.53. The molecule has 0 unspecified atom stereocenters. The molecule has 0 atom stereocenters. The van der Waals surface area contributed by atoms with Gasteiger partial charge in [-0.25, -0.2) is 0 Å². The predicted octanol–water partition coefficient (Wildman–Crippen LogP) is 7.00. The third-order valence-corrected chi connectivity index (χ3v) is 6.12. The van der Waals surface area contributed by atoms with Gasteiger partial charge in [0.25, 0.3) is 0 Å². The van der Waals surface area contributed by atoms with E-state index in [0.29, 0.717) is 6.10 Å². The van der Waals surface area contributed by atoms with E-state index >= 15 is 0 Å². The smallest absolute Gasteiger partial charge is 0.0610 e. The quantitative estimate of drug-likeness (QED) is 0.340. The second-order valence-electron chi connectivity index (χ2n) is 9.27. The van der Waals surface area contributed by atoms with Crippen LogP contribution in [0.25, 0.3) is 0 Å². The molecule has 2 nitrogen and oxygen atoms in total. The van der Waals surface area contributed by atoms with Crippen LogP contribution in [-0.4, -0.2) is 35.7 Å². The summed E-state index contributed by atoms with van der Waals surface area (Å²) in [6.07, 6.45) is 16.7. The number of hydrogen-bond acceptors (Lipinski definition) is 2. The minimum absolute atomic E-state index is 0. The van der Waals surface area contributed by atoms with Crippen LogP contribution in [0.2, 0.25) is 0 Å². The van der Waals surface area contributed by atoms with Crippen molar-refractivity contribution >= 4 is 12.4 Å². The Balaban J connectivity index is 0.00000576. The molecule has 0 saturated carbocycles. The number of rotatable bonds is 12. The molecule has 1 aliphatic heterocycles. The number of halogens is 1. The molecular weight excluding hydrogens is 330 g/mol. The van der Waals surface area contributed by atoms with E-state index in [1.807, 2.05) is 0 Å². The Kier molecular flexibility index (Phi) is 12.7. The first-order chi connectivity index (χ1) is 11.3. The summed E-state index contributed by atoms with van der Waals surface area (Å²) < 4.78 is 6.25. The normalized spacial score (nSPS) is 20.4. The van der Waals surface area contributed by atoms with Gasteiger partial charge in [0.05, 0.1) is 6.10 Å². The summed E-state index contributed by atoms with van der Waals surface area (Å²) in [7, 11) is 2.26. The van der Waals surface area contributed by atoms with Crippen LogP contribution >= 0.6 is 12.4 Å². The van der Waals surface area contributed by atoms with Crippen LogP contribution in [0.3, 0.4) is 0 Å². The molecule has 0 aromatic rings. The maximum atomic E-state index is 6.25. The van der Waals surface area contributed by atoms with Crippen molar-refractivity contribution in [2.45, 2.75) is 129 Å². The van der Waals surface area contributed by atoms with Crippen LogP contribution in [-0.2, 0) is 4.74 Å². The molecular formula is C22H46ClNO. The van der Waals surface area contributed by atoms with Crippen molar-refractivity contribution in [1.82, 2.24) is 4.90 Å². The number of unbranched alkanes of at least 4 members (excludes halogenated alkanes) is 9. The first-order valence-electron chi connectivity index (χ1n) is 10.6. The molecule has 1 aliphatic rings. The van der Waals surface area contributed by atoms with Crippen molar-refractivity contribution < 1.29 is 4.74 Å². The highest BCUT2D eigenvalue weighted by molar-refractivity contribution is 5.85. The lowest BCUT2D eigenvalue weighted by Gasteiger charge is -2.53. The van der Waals surface area contributed by atoms with Crippen LogP contribution in [0.15, 0.2) is 0 Å². The molecule has 0 radical (unpaired) electrons. The monoisotopic (exact) mass is 375 g/mol. The number of hydrogen-bond donors (Lipinski definition) is 0. The molecule has 0 N–H and O–H groups in total. The van der Waals surface area contributed by atoms with Gasteiger partial charge in [0, 0.05) is 17.7 Å². The van der Waals surface area contributed by atoms with E-state index in [2.05, 4.69) is 46.6 Å². The van der Waals surface area contributed by atoms with Crippen LogP contribution in [0.1, 0.15) is 112 Å². The average Bonchev–Trinajstić information content (AvgIpc) is 2.50. The van der Waals surface area contributed by atoms with E-state index in [9.17, 15) is 0 Å². The lowest BCUT2D eigenvalue weighted by molar-refractivity contribution is -0.0918. The summed E-state index contributed by atoms with van der Waals surface area (Å²) in [5.41, 5.74) is 0.481. The molecule has 1 rings (SSSR count). The summed E-state index contributed by atoms with van der Waals surface area (Å²) >= 11 is 0. The topological polar surface area (TPSA) is 12.5 Å². The standard InChI is InChI=1S/C22H45NO.ClH/c1-7-8-9-10-11-12-13-14-15-16-17-24-20-18-21(2,3)23(6)22(4,5)19-20;/h20H,7-19H2,1-6H3;1H. The number of piperidine rings is 1. The van der Waals surface area contributed by atoms with Gasteiger partial charge < -0.3 is 4.74 Å². The average molecular weight is 376 g/mol. The van der Waals surface area contributed by atoms with Crippen LogP contribution < -0.4 is 0 Å². The lowest BCUT2D eigenvalue weighted by Crippen LogP contribution is -2.60. The van der Waals surface area contributed by atoms with Gasteiger partial charge in [-0.1, -0.05) is 64.7 Å². The van der Waals surface area contributed by atoms with Crippen molar-refractivity contribution in [3.05, 3.63) is 0 Å². The highest BCUT2D eigenvalue weighted by Gasteiger charge is 2.43. The molecule has 0 spiro atoms.